The molecule has 126 valence electrons. The second kappa shape index (κ2) is 9.72. The van der Waals surface area contributed by atoms with Gasteiger partial charge in [-0.2, -0.15) is 0 Å². The highest BCUT2D eigenvalue weighted by molar-refractivity contribution is 14.0. The molecule has 0 heterocycles. The fourth-order valence-corrected chi connectivity index (χ4v) is 2.05. The molecule has 7 nitrogen and oxygen atoms in total. The summed E-state index contributed by atoms with van der Waals surface area (Å²) in [6.07, 6.45) is 1.17. The molecule has 1 aromatic carbocycles. The highest BCUT2D eigenvalue weighted by Crippen LogP contribution is 2.27. The molecule has 0 spiro atoms. The Morgan fingerprint density at radius 2 is 1.91 bits per heavy atom. The van der Waals surface area contributed by atoms with Gasteiger partial charge in [-0.1, -0.05) is 6.07 Å². The van der Waals surface area contributed by atoms with E-state index in [0.717, 1.165) is 5.56 Å². The molecule has 9 heteroatoms. The predicted molar refractivity (Wildman–Crippen MR) is 98.0 cm³/mol. The van der Waals surface area contributed by atoms with E-state index in [1.807, 2.05) is 12.1 Å². The van der Waals surface area contributed by atoms with Crippen molar-refractivity contribution in [2.45, 2.75) is 6.54 Å². The number of ether oxygens (including phenoxy) is 2. The third-order valence-electron chi connectivity index (χ3n) is 2.66. The third-order valence-corrected chi connectivity index (χ3v) is 3.60. The molecular formula is C13H22IN3O4S. The highest BCUT2D eigenvalue weighted by Gasteiger charge is 2.04. The highest BCUT2D eigenvalue weighted by atomic mass is 127. The zero-order valence-corrected chi connectivity index (χ0v) is 16.0. The summed E-state index contributed by atoms with van der Waals surface area (Å²) in [5.74, 6) is 1.48. The quantitative estimate of drug-likeness (QED) is 0.367. The van der Waals surface area contributed by atoms with Crippen molar-refractivity contribution in [3.8, 4) is 11.5 Å². The topological polar surface area (TPSA) is 103 Å². The van der Waals surface area contributed by atoms with Gasteiger partial charge in [-0.05, 0) is 17.7 Å². The number of guanidine groups is 1. The van der Waals surface area contributed by atoms with E-state index in [1.165, 1.54) is 6.26 Å². The fraction of sp³-hybridized carbons (Fsp3) is 0.462. The Balaban J connectivity index is 0.00000441. The van der Waals surface area contributed by atoms with E-state index in [2.05, 4.69) is 10.3 Å². The van der Waals surface area contributed by atoms with Crippen molar-refractivity contribution in [1.29, 1.82) is 0 Å². The Morgan fingerprint density at radius 1 is 1.27 bits per heavy atom. The van der Waals surface area contributed by atoms with Gasteiger partial charge in [-0.25, -0.2) is 13.4 Å². The number of nitrogens with one attached hydrogen (secondary N) is 1. The van der Waals surface area contributed by atoms with E-state index in [1.54, 1.807) is 20.3 Å². The first kappa shape index (κ1) is 20.8. The van der Waals surface area contributed by atoms with Crippen LogP contribution in [-0.2, 0) is 16.4 Å². The van der Waals surface area contributed by atoms with Crippen LogP contribution in [0.4, 0.5) is 0 Å². The number of aliphatic imine (C=N–C) groups is 1. The van der Waals surface area contributed by atoms with Gasteiger partial charge in [-0.15, -0.1) is 24.0 Å². The van der Waals surface area contributed by atoms with Gasteiger partial charge in [0, 0.05) is 12.8 Å². The number of hydrogen-bond donors (Lipinski definition) is 2. The molecule has 0 unspecified atom stereocenters. The first-order chi connectivity index (χ1) is 9.85. The smallest absolute Gasteiger partial charge is 0.188 e. The molecule has 0 aliphatic carbocycles. The Morgan fingerprint density at radius 3 is 2.45 bits per heavy atom. The predicted octanol–water partition coefficient (Wildman–Crippen LogP) is 0.771. The zero-order chi connectivity index (χ0) is 15.9. The molecule has 0 saturated heterocycles. The summed E-state index contributed by atoms with van der Waals surface area (Å²) in [6.45, 7) is 0.595. The minimum absolute atomic E-state index is 0. The van der Waals surface area contributed by atoms with Crippen molar-refractivity contribution in [2.75, 3.05) is 32.8 Å². The molecule has 0 bridgehead atoms. The Kier molecular flexibility index (Phi) is 9.18. The van der Waals surface area contributed by atoms with Gasteiger partial charge in [0.05, 0.1) is 26.5 Å². The van der Waals surface area contributed by atoms with Crippen LogP contribution in [0.15, 0.2) is 23.2 Å². The summed E-state index contributed by atoms with van der Waals surface area (Å²) in [5.41, 5.74) is 6.57. The SMILES string of the molecule is COc1ccc(CN=C(N)NCCS(C)(=O)=O)cc1OC.I. The molecule has 0 aliphatic rings. The number of nitrogens with zero attached hydrogens (tertiary/aromatic N) is 1. The largest absolute Gasteiger partial charge is 0.493 e. The second-order valence-electron chi connectivity index (χ2n) is 4.45. The van der Waals surface area contributed by atoms with Crippen molar-refractivity contribution < 1.29 is 17.9 Å². The average Bonchev–Trinajstić information content (AvgIpc) is 2.43. The van der Waals surface area contributed by atoms with E-state index in [-0.39, 0.29) is 42.2 Å². The molecule has 0 aliphatic heterocycles. The first-order valence-electron chi connectivity index (χ1n) is 6.28. The van der Waals surface area contributed by atoms with Crippen LogP contribution in [0.25, 0.3) is 0 Å². The van der Waals surface area contributed by atoms with Crippen molar-refractivity contribution in [2.24, 2.45) is 10.7 Å². The van der Waals surface area contributed by atoms with Crippen LogP contribution in [0, 0.1) is 0 Å². The molecule has 3 N–H and O–H groups in total. The number of hydrogen-bond acceptors (Lipinski definition) is 5. The molecule has 0 amide bonds. The summed E-state index contributed by atoms with van der Waals surface area (Å²) >= 11 is 0. The number of sulfone groups is 1. The van der Waals surface area contributed by atoms with Gasteiger partial charge in [0.25, 0.3) is 0 Å². The monoisotopic (exact) mass is 443 g/mol. The van der Waals surface area contributed by atoms with E-state index >= 15 is 0 Å². The van der Waals surface area contributed by atoms with Crippen molar-refractivity contribution in [3.63, 3.8) is 0 Å². The standard InChI is InChI=1S/C13H21N3O4S.HI/c1-19-11-5-4-10(8-12(11)20-2)9-16-13(14)15-6-7-21(3,17)18;/h4-5,8H,6-7,9H2,1-3H3,(H3,14,15,16);1H. The van der Waals surface area contributed by atoms with Gasteiger partial charge in [0.15, 0.2) is 17.5 Å². The molecule has 0 fully saturated rings. The number of nitrogens with two attached hydrogens (primary N) is 1. The van der Waals surface area contributed by atoms with Crippen molar-refractivity contribution in [3.05, 3.63) is 23.8 Å². The fourth-order valence-electron chi connectivity index (χ4n) is 1.58. The lowest BCUT2D eigenvalue weighted by atomic mass is 10.2. The first-order valence-corrected chi connectivity index (χ1v) is 8.34. The maximum absolute atomic E-state index is 11.0. The van der Waals surface area contributed by atoms with Crippen LogP contribution in [0.2, 0.25) is 0 Å². The molecular weight excluding hydrogens is 421 g/mol. The minimum Gasteiger partial charge on any atom is -0.493 e. The van der Waals surface area contributed by atoms with Crippen LogP contribution in [-0.4, -0.2) is 47.2 Å². The Labute approximate surface area is 148 Å². The summed E-state index contributed by atoms with van der Waals surface area (Å²) in [5, 5.41) is 2.75. The molecule has 0 aromatic heterocycles. The van der Waals surface area contributed by atoms with Crippen LogP contribution in [0.5, 0.6) is 11.5 Å². The molecule has 1 aromatic rings. The van der Waals surface area contributed by atoms with Gasteiger partial charge in [0.2, 0.25) is 0 Å². The van der Waals surface area contributed by atoms with Gasteiger partial charge in [-0.3, -0.25) is 0 Å². The maximum atomic E-state index is 11.0. The third kappa shape index (κ3) is 7.69. The molecule has 1 rings (SSSR count). The number of methoxy groups -OCH3 is 2. The van der Waals surface area contributed by atoms with Gasteiger partial charge in [0.1, 0.15) is 9.84 Å². The van der Waals surface area contributed by atoms with Crippen LogP contribution < -0.4 is 20.5 Å². The average molecular weight is 443 g/mol. The Bertz CT molecular complexity index is 605. The molecule has 0 atom stereocenters. The summed E-state index contributed by atoms with van der Waals surface area (Å²) in [4.78, 5) is 4.14. The van der Waals surface area contributed by atoms with Gasteiger partial charge < -0.3 is 20.5 Å². The lowest BCUT2D eigenvalue weighted by molar-refractivity contribution is 0.354. The lowest BCUT2D eigenvalue weighted by Gasteiger charge is -2.09. The van der Waals surface area contributed by atoms with E-state index in [0.29, 0.717) is 18.0 Å². The summed E-state index contributed by atoms with van der Waals surface area (Å²) < 4.78 is 32.3. The van der Waals surface area contributed by atoms with Crippen LogP contribution in [0.1, 0.15) is 5.56 Å². The molecule has 0 radical (unpaired) electrons. The number of benzene rings is 1. The van der Waals surface area contributed by atoms with Crippen molar-refractivity contribution in [1.82, 2.24) is 5.32 Å². The molecule has 22 heavy (non-hydrogen) atoms. The van der Waals surface area contributed by atoms with Crippen molar-refractivity contribution >= 4 is 39.8 Å². The second-order valence-corrected chi connectivity index (χ2v) is 6.71. The normalized spacial score (nSPS) is 11.5. The van der Waals surface area contributed by atoms with E-state index in [9.17, 15) is 8.42 Å². The lowest BCUT2D eigenvalue weighted by Crippen LogP contribution is -2.35. The zero-order valence-electron chi connectivity index (χ0n) is 12.8. The number of halogens is 1. The minimum atomic E-state index is -3.01. The maximum Gasteiger partial charge on any atom is 0.188 e. The molecule has 0 saturated carbocycles. The summed E-state index contributed by atoms with van der Waals surface area (Å²) in [7, 11) is 0.123. The Hall–Kier alpha value is -1.23. The summed E-state index contributed by atoms with van der Waals surface area (Å²) in [6, 6.07) is 5.46. The number of rotatable bonds is 7. The van der Waals surface area contributed by atoms with Crippen LogP contribution in [0.3, 0.4) is 0 Å². The van der Waals surface area contributed by atoms with E-state index < -0.39 is 9.84 Å². The van der Waals surface area contributed by atoms with Gasteiger partial charge >= 0.3 is 0 Å². The van der Waals surface area contributed by atoms with Crippen LogP contribution >= 0.6 is 24.0 Å². The van der Waals surface area contributed by atoms with E-state index in [4.69, 9.17) is 15.2 Å².